The summed E-state index contributed by atoms with van der Waals surface area (Å²) in [6, 6.07) is 13.1. The molecule has 2 aromatic heterocycles. The number of aryl methyl sites for hydroxylation is 1. The molecule has 4 rings (SSSR count). The van der Waals surface area contributed by atoms with Crippen molar-refractivity contribution in [2.75, 3.05) is 18.4 Å². The Morgan fingerprint density at radius 1 is 1.07 bits per heavy atom. The molecule has 0 spiro atoms. The average Bonchev–Trinajstić information content (AvgIpc) is 3.30. The molecule has 1 aliphatic heterocycles. The molecule has 1 aromatic carbocycles. The van der Waals surface area contributed by atoms with Gasteiger partial charge >= 0.3 is 0 Å². The molecule has 0 aliphatic carbocycles. The number of nitrogens with one attached hydrogen (secondary N) is 1. The van der Waals surface area contributed by atoms with Crippen molar-refractivity contribution < 1.29 is 9.59 Å². The van der Waals surface area contributed by atoms with Crippen LogP contribution in [0.4, 0.5) is 5.69 Å². The first-order chi connectivity index (χ1) is 13.1. The van der Waals surface area contributed by atoms with E-state index < -0.39 is 0 Å². The number of hydrogen-bond acceptors (Lipinski definition) is 3. The van der Waals surface area contributed by atoms with Gasteiger partial charge in [0.2, 0.25) is 5.91 Å². The molecule has 1 saturated heterocycles. The highest BCUT2D eigenvalue weighted by molar-refractivity contribution is 6.04. The zero-order valence-corrected chi connectivity index (χ0v) is 15.3. The summed E-state index contributed by atoms with van der Waals surface area (Å²) in [7, 11) is 0. The Balaban J connectivity index is 1.45. The van der Waals surface area contributed by atoms with Gasteiger partial charge < -0.3 is 10.2 Å². The lowest BCUT2D eigenvalue weighted by atomic mass is 10.1. The number of imidazole rings is 1. The Hall–Kier alpha value is -3.15. The second-order valence-corrected chi connectivity index (χ2v) is 6.89. The fourth-order valence-electron chi connectivity index (χ4n) is 3.54. The van der Waals surface area contributed by atoms with Crippen molar-refractivity contribution in [3.8, 4) is 0 Å². The zero-order valence-electron chi connectivity index (χ0n) is 15.3. The second kappa shape index (κ2) is 7.23. The van der Waals surface area contributed by atoms with Crippen molar-refractivity contribution in [2.45, 2.75) is 26.2 Å². The van der Waals surface area contributed by atoms with Crippen LogP contribution in [0.15, 0.2) is 48.7 Å². The van der Waals surface area contributed by atoms with Crippen molar-refractivity contribution in [1.82, 2.24) is 14.3 Å². The maximum absolute atomic E-state index is 12.7. The van der Waals surface area contributed by atoms with Gasteiger partial charge in [0, 0.05) is 25.0 Å². The van der Waals surface area contributed by atoms with Gasteiger partial charge in [0.15, 0.2) is 0 Å². The highest BCUT2D eigenvalue weighted by Gasteiger charge is 2.18. The first-order valence-electron chi connectivity index (χ1n) is 9.23. The summed E-state index contributed by atoms with van der Waals surface area (Å²) < 4.78 is 1.79. The van der Waals surface area contributed by atoms with Gasteiger partial charge in [0.1, 0.15) is 11.3 Å². The van der Waals surface area contributed by atoms with E-state index in [1.807, 2.05) is 60.5 Å². The molecular weight excluding hydrogens is 340 g/mol. The van der Waals surface area contributed by atoms with Crippen LogP contribution in [0.3, 0.4) is 0 Å². The molecular formula is C21H22N4O2. The number of amides is 2. The van der Waals surface area contributed by atoms with Crippen molar-refractivity contribution in [1.29, 1.82) is 0 Å². The van der Waals surface area contributed by atoms with Gasteiger partial charge in [-0.3, -0.25) is 14.0 Å². The molecule has 27 heavy (non-hydrogen) atoms. The van der Waals surface area contributed by atoms with Crippen molar-refractivity contribution in [2.24, 2.45) is 0 Å². The lowest BCUT2D eigenvalue weighted by Gasteiger charge is -2.15. The van der Waals surface area contributed by atoms with Crippen molar-refractivity contribution in [3.63, 3.8) is 0 Å². The number of aromatic nitrogens is 2. The highest BCUT2D eigenvalue weighted by atomic mass is 16.2. The minimum atomic E-state index is -0.202. The smallest absolute Gasteiger partial charge is 0.274 e. The van der Waals surface area contributed by atoms with E-state index in [0.717, 1.165) is 37.1 Å². The fraction of sp³-hybridized carbons (Fsp3) is 0.286. The van der Waals surface area contributed by atoms with Gasteiger partial charge in [-0.05, 0) is 49.6 Å². The molecule has 3 aromatic rings. The molecule has 1 N–H and O–H groups in total. The van der Waals surface area contributed by atoms with Gasteiger partial charge in [0.05, 0.1) is 12.1 Å². The first-order valence-corrected chi connectivity index (χ1v) is 9.23. The van der Waals surface area contributed by atoms with Gasteiger partial charge in [-0.25, -0.2) is 4.98 Å². The lowest BCUT2D eigenvalue weighted by molar-refractivity contribution is -0.129. The van der Waals surface area contributed by atoms with E-state index in [1.54, 1.807) is 4.40 Å². The quantitative estimate of drug-likeness (QED) is 0.776. The van der Waals surface area contributed by atoms with Gasteiger partial charge in [0.25, 0.3) is 5.91 Å². The molecule has 0 unspecified atom stereocenters. The summed E-state index contributed by atoms with van der Waals surface area (Å²) in [5, 5.41) is 2.92. The van der Waals surface area contributed by atoms with Crippen LogP contribution in [0.1, 0.15) is 34.6 Å². The van der Waals surface area contributed by atoms with Crippen LogP contribution in [0, 0.1) is 6.92 Å². The van der Waals surface area contributed by atoms with Crippen LogP contribution in [-0.2, 0) is 11.2 Å². The number of pyridine rings is 1. The van der Waals surface area contributed by atoms with Crippen LogP contribution in [0.2, 0.25) is 0 Å². The topological polar surface area (TPSA) is 66.7 Å². The number of benzene rings is 1. The van der Waals surface area contributed by atoms with E-state index >= 15 is 0 Å². The molecule has 3 heterocycles. The second-order valence-electron chi connectivity index (χ2n) is 6.89. The average molecular weight is 362 g/mol. The number of carbonyl (C=O) groups excluding carboxylic acids is 2. The predicted molar refractivity (Wildman–Crippen MR) is 104 cm³/mol. The minimum Gasteiger partial charge on any atom is -0.342 e. The monoisotopic (exact) mass is 362 g/mol. The van der Waals surface area contributed by atoms with Crippen LogP contribution >= 0.6 is 0 Å². The maximum atomic E-state index is 12.7. The molecule has 0 radical (unpaired) electrons. The molecule has 1 fully saturated rings. The molecule has 138 valence electrons. The van der Waals surface area contributed by atoms with Gasteiger partial charge in [-0.15, -0.1) is 0 Å². The maximum Gasteiger partial charge on any atom is 0.274 e. The third kappa shape index (κ3) is 3.56. The molecule has 0 saturated carbocycles. The van der Waals surface area contributed by atoms with E-state index in [2.05, 4.69) is 10.3 Å². The van der Waals surface area contributed by atoms with Crippen LogP contribution < -0.4 is 5.32 Å². The van der Waals surface area contributed by atoms with Gasteiger partial charge in [-0.2, -0.15) is 0 Å². The number of hydrogen-bond donors (Lipinski definition) is 1. The summed E-state index contributed by atoms with van der Waals surface area (Å²) in [6.07, 6.45) is 4.43. The van der Waals surface area contributed by atoms with Crippen LogP contribution in [0.5, 0.6) is 0 Å². The number of fused-ring (bicyclic) bond motifs is 1. The first kappa shape index (κ1) is 17.3. The Kier molecular flexibility index (Phi) is 4.62. The minimum absolute atomic E-state index is 0.172. The standard InChI is InChI=1S/C21H22N4O2/c1-15-20(25-13-3-2-6-18(25)22-15)21(27)23-17-9-7-16(8-10-17)14-19(26)24-11-4-5-12-24/h2-3,6-10,13H,4-5,11-12,14H2,1H3,(H,23,27). The van der Waals surface area contributed by atoms with E-state index in [9.17, 15) is 9.59 Å². The summed E-state index contributed by atoms with van der Waals surface area (Å²) >= 11 is 0. The molecule has 0 bridgehead atoms. The Morgan fingerprint density at radius 2 is 1.81 bits per heavy atom. The Bertz CT molecular complexity index is 985. The molecule has 1 aliphatic rings. The molecule has 0 atom stereocenters. The number of rotatable bonds is 4. The van der Waals surface area contributed by atoms with Crippen molar-refractivity contribution in [3.05, 3.63) is 65.6 Å². The number of anilines is 1. The predicted octanol–water partition coefficient (Wildman–Crippen LogP) is 3.06. The van der Waals surface area contributed by atoms with Crippen LogP contribution in [0.25, 0.3) is 5.65 Å². The van der Waals surface area contributed by atoms with E-state index in [0.29, 0.717) is 23.5 Å². The van der Waals surface area contributed by atoms with Crippen molar-refractivity contribution >= 4 is 23.1 Å². The molecule has 2 amide bonds. The van der Waals surface area contributed by atoms with Gasteiger partial charge in [-0.1, -0.05) is 18.2 Å². The summed E-state index contributed by atoms with van der Waals surface area (Å²) in [5.74, 6) is -0.0299. The highest BCUT2D eigenvalue weighted by Crippen LogP contribution is 2.17. The number of carbonyl (C=O) groups is 2. The fourth-order valence-corrected chi connectivity index (χ4v) is 3.54. The lowest BCUT2D eigenvalue weighted by Crippen LogP contribution is -2.29. The molecule has 6 nitrogen and oxygen atoms in total. The number of likely N-dealkylation sites (tertiary alicyclic amines) is 1. The normalized spacial score (nSPS) is 13.9. The third-order valence-electron chi connectivity index (χ3n) is 4.95. The third-order valence-corrected chi connectivity index (χ3v) is 4.95. The summed E-state index contributed by atoms with van der Waals surface area (Å²) in [5.41, 5.74) is 3.61. The zero-order chi connectivity index (χ0) is 18.8. The SMILES string of the molecule is Cc1nc2ccccn2c1C(=O)Nc1ccc(CC(=O)N2CCCC2)cc1. The Labute approximate surface area is 157 Å². The Morgan fingerprint density at radius 3 is 2.56 bits per heavy atom. The van der Waals surface area contributed by atoms with E-state index in [4.69, 9.17) is 0 Å². The number of nitrogens with zero attached hydrogens (tertiary/aromatic N) is 3. The van der Waals surface area contributed by atoms with Crippen LogP contribution in [-0.4, -0.2) is 39.2 Å². The molecule has 6 heteroatoms. The summed E-state index contributed by atoms with van der Waals surface area (Å²) in [4.78, 5) is 31.3. The van der Waals surface area contributed by atoms with E-state index in [1.165, 1.54) is 0 Å². The van der Waals surface area contributed by atoms with E-state index in [-0.39, 0.29) is 11.8 Å². The summed E-state index contributed by atoms with van der Waals surface area (Å²) in [6.45, 7) is 3.56. The largest absolute Gasteiger partial charge is 0.342 e.